The summed E-state index contributed by atoms with van der Waals surface area (Å²) >= 11 is 0. The average Bonchev–Trinajstić information content (AvgIpc) is 2.90. The van der Waals surface area contributed by atoms with E-state index in [2.05, 4.69) is 4.98 Å². The van der Waals surface area contributed by atoms with Gasteiger partial charge in [0.05, 0.1) is 23.2 Å². The molecule has 0 atom stereocenters. The summed E-state index contributed by atoms with van der Waals surface area (Å²) in [5.74, 6) is 0.698. The fraction of sp³-hybridized carbons (Fsp3) is 0.188. The molecular formula is C16H13F3N2O. The van der Waals surface area contributed by atoms with Crippen LogP contribution in [0.3, 0.4) is 0 Å². The number of hydrogen-bond donors (Lipinski definition) is 0. The number of benzene rings is 2. The van der Waals surface area contributed by atoms with Crippen LogP contribution in [0.25, 0.3) is 16.7 Å². The average molecular weight is 306 g/mol. The van der Waals surface area contributed by atoms with Gasteiger partial charge in [-0.15, -0.1) is 0 Å². The van der Waals surface area contributed by atoms with Crippen molar-refractivity contribution in [2.45, 2.75) is 13.1 Å². The number of halogens is 3. The summed E-state index contributed by atoms with van der Waals surface area (Å²) in [7, 11) is 0. The molecule has 1 aromatic heterocycles. The number of rotatable bonds is 3. The van der Waals surface area contributed by atoms with Gasteiger partial charge in [0, 0.05) is 11.8 Å². The lowest BCUT2D eigenvalue weighted by atomic mass is 10.2. The quantitative estimate of drug-likeness (QED) is 0.715. The molecular weight excluding hydrogens is 293 g/mol. The second-order valence-corrected chi connectivity index (χ2v) is 4.74. The van der Waals surface area contributed by atoms with Crippen LogP contribution in [0.15, 0.2) is 48.8 Å². The van der Waals surface area contributed by atoms with Crippen LogP contribution in [-0.2, 0) is 6.18 Å². The molecule has 0 fully saturated rings. The first kappa shape index (κ1) is 14.4. The lowest BCUT2D eigenvalue weighted by Gasteiger charge is -2.09. The van der Waals surface area contributed by atoms with E-state index in [0.29, 0.717) is 18.0 Å². The number of alkyl halides is 3. The van der Waals surface area contributed by atoms with Crippen molar-refractivity contribution in [3.05, 3.63) is 54.4 Å². The van der Waals surface area contributed by atoms with Crippen LogP contribution in [0, 0.1) is 0 Å². The van der Waals surface area contributed by atoms with E-state index < -0.39 is 11.7 Å². The van der Waals surface area contributed by atoms with Crippen LogP contribution in [0.1, 0.15) is 12.5 Å². The number of aromatic nitrogens is 2. The molecule has 0 saturated carbocycles. The van der Waals surface area contributed by atoms with Crippen molar-refractivity contribution in [2.75, 3.05) is 6.61 Å². The van der Waals surface area contributed by atoms with Gasteiger partial charge >= 0.3 is 6.18 Å². The summed E-state index contributed by atoms with van der Waals surface area (Å²) < 4.78 is 45.0. The monoisotopic (exact) mass is 306 g/mol. The molecule has 1 heterocycles. The zero-order valence-electron chi connectivity index (χ0n) is 11.8. The molecule has 3 rings (SSSR count). The molecule has 0 unspecified atom stereocenters. The van der Waals surface area contributed by atoms with Crippen LogP contribution >= 0.6 is 0 Å². The van der Waals surface area contributed by atoms with Gasteiger partial charge in [0.2, 0.25) is 0 Å². The molecule has 0 bridgehead atoms. The van der Waals surface area contributed by atoms with Gasteiger partial charge in [0.1, 0.15) is 12.1 Å². The third-order valence-corrected chi connectivity index (χ3v) is 3.30. The van der Waals surface area contributed by atoms with Crippen molar-refractivity contribution in [3.63, 3.8) is 0 Å². The second-order valence-electron chi connectivity index (χ2n) is 4.74. The lowest BCUT2D eigenvalue weighted by Crippen LogP contribution is -2.04. The second kappa shape index (κ2) is 5.36. The molecule has 0 aliphatic rings. The first-order valence-electron chi connectivity index (χ1n) is 6.76. The Balaban J connectivity index is 2.04. The Morgan fingerprint density at radius 2 is 1.82 bits per heavy atom. The number of imidazole rings is 1. The Labute approximate surface area is 125 Å². The minimum absolute atomic E-state index is 0.542. The smallest absolute Gasteiger partial charge is 0.416 e. The van der Waals surface area contributed by atoms with Crippen LogP contribution in [0.5, 0.6) is 5.75 Å². The molecule has 0 spiro atoms. The zero-order chi connectivity index (χ0) is 15.7. The fourth-order valence-corrected chi connectivity index (χ4v) is 2.26. The van der Waals surface area contributed by atoms with Crippen molar-refractivity contribution >= 4 is 11.0 Å². The van der Waals surface area contributed by atoms with Crippen LogP contribution in [0.4, 0.5) is 13.2 Å². The van der Waals surface area contributed by atoms with Crippen molar-refractivity contribution < 1.29 is 17.9 Å². The summed E-state index contributed by atoms with van der Waals surface area (Å²) in [4.78, 5) is 4.25. The molecule has 0 aliphatic carbocycles. The minimum Gasteiger partial charge on any atom is -0.494 e. The molecule has 2 aromatic carbocycles. The summed E-state index contributed by atoms with van der Waals surface area (Å²) in [6.07, 6.45) is -2.75. The van der Waals surface area contributed by atoms with Gasteiger partial charge < -0.3 is 4.74 Å². The van der Waals surface area contributed by atoms with Gasteiger partial charge in [0.15, 0.2) is 0 Å². The van der Waals surface area contributed by atoms with Gasteiger partial charge in [-0.1, -0.05) is 0 Å². The van der Waals surface area contributed by atoms with Crippen LogP contribution < -0.4 is 4.74 Å². The molecule has 6 heteroatoms. The summed E-state index contributed by atoms with van der Waals surface area (Å²) in [5.41, 5.74) is 1.48. The molecule has 0 N–H and O–H groups in total. The third-order valence-electron chi connectivity index (χ3n) is 3.30. The summed E-state index contributed by atoms with van der Waals surface area (Å²) in [6, 6.07) is 10.4. The highest BCUT2D eigenvalue weighted by atomic mass is 19.4. The Hall–Kier alpha value is -2.50. The molecule has 0 aliphatic heterocycles. The zero-order valence-corrected chi connectivity index (χ0v) is 11.8. The SMILES string of the molecule is CCOc1ccc2ncn(-c3ccc(C(F)(F)F)cc3)c2c1. The van der Waals surface area contributed by atoms with E-state index in [-0.39, 0.29) is 0 Å². The van der Waals surface area contributed by atoms with E-state index in [9.17, 15) is 13.2 Å². The maximum absolute atomic E-state index is 12.6. The standard InChI is InChI=1S/C16H13F3N2O/c1-2-22-13-7-8-14-15(9-13)21(10-20-14)12-5-3-11(4-6-12)16(17,18)19/h3-10H,2H2,1H3. The van der Waals surface area contributed by atoms with Gasteiger partial charge in [-0.2, -0.15) is 13.2 Å². The molecule has 3 aromatic rings. The highest BCUT2D eigenvalue weighted by Gasteiger charge is 2.30. The maximum Gasteiger partial charge on any atom is 0.416 e. The van der Waals surface area contributed by atoms with Crippen molar-refractivity contribution in [1.82, 2.24) is 9.55 Å². The van der Waals surface area contributed by atoms with Crippen molar-refractivity contribution in [2.24, 2.45) is 0 Å². The Morgan fingerprint density at radius 3 is 2.45 bits per heavy atom. The molecule has 114 valence electrons. The van der Waals surface area contributed by atoms with Gasteiger partial charge in [0.25, 0.3) is 0 Å². The minimum atomic E-state index is -4.34. The number of hydrogen-bond acceptors (Lipinski definition) is 2. The normalized spacial score (nSPS) is 11.8. The predicted octanol–water partition coefficient (Wildman–Crippen LogP) is 4.44. The molecule has 22 heavy (non-hydrogen) atoms. The van der Waals surface area contributed by atoms with Crippen molar-refractivity contribution in [1.29, 1.82) is 0 Å². The first-order valence-corrected chi connectivity index (χ1v) is 6.76. The largest absolute Gasteiger partial charge is 0.494 e. The third kappa shape index (κ3) is 2.64. The van der Waals surface area contributed by atoms with Gasteiger partial charge in [-0.05, 0) is 43.3 Å². The predicted molar refractivity (Wildman–Crippen MR) is 77.2 cm³/mol. The maximum atomic E-state index is 12.6. The highest BCUT2D eigenvalue weighted by molar-refractivity contribution is 5.79. The molecule has 0 amide bonds. The highest BCUT2D eigenvalue weighted by Crippen LogP contribution is 2.30. The van der Waals surface area contributed by atoms with E-state index in [0.717, 1.165) is 23.2 Å². The number of nitrogens with zero attached hydrogens (tertiary/aromatic N) is 2. The first-order chi connectivity index (χ1) is 10.5. The van der Waals surface area contributed by atoms with Crippen LogP contribution in [0.2, 0.25) is 0 Å². The Morgan fingerprint density at radius 1 is 1.09 bits per heavy atom. The van der Waals surface area contributed by atoms with Gasteiger partial charge in [-0.25, -0.2) is 4.98 Å². The molecule has 0 saturated heterocycles. The Kier molecular flexibility index (Phi) is 3.52. The van der Waals surface area contributed by atoms with Crippen molar-refractivity contribution in [3.8, 4) is 11.4 Å². The molecule has 0 radical (unpaired) electrons. The van der Waals surface area contributed by atoms with E-state index >= 15 is 0 Å². The van der Waals surface area contributed by atoms with E-state index in [1.54, 1.807) is 10.9 Å². The van der Waals surface area contributed by atoms with E-state index in [4.69, 9.17) is 4.74 Å². The Bertz CT molecular complexity index is 791. The van der Waals surface area contributed by atoms with E-state index in [1.807, 2.05) is 25.1 Å². The van der Waals surface area contributed by atoms with Gasteiger partial charge in [-0.3, -0.25) is 4.57 Å². The van der Waals surface area contributed by atoms with E-state index in [1.165, 1.54) is 12.1 Å². The number of ether oxygens (including phenoxy) is 1. The summed E-state index contributed by atoms with van der Waals surface area (Å²) in [5, 5.41) is 0. The lowest BCUT2D eigenvalue weighted by molar-refractivity contribution is -0.137. The molecule has 3 nitrogen and oxygen atoms in total. The summed E-state index contributed by atoms with van der Waals surface area (Å²) in [6.45, 7) is 2.43. The fourth-order valence-electron chi connectivity index (χ4n) is 2.26. The van der Waals surface area contributed by atoms with Crippen LogP contribution in [-0.4, -0.2) is 16.2 Å². The number of fused-ring (bicyclic) bond motifs is 1. The topological polar surface area (TPSA) is 27.1 Å².